The minimum atomic E-state index is -0.299. The van der Waals surface area contributed by atoms with Crippen molar-refractivity contribution in [2.24, 2.45) is 0 Å². The number of aromatic hydroxyl groups is 1. The molecule has 1 fully saturated rings. The van der Waals surface area contributed by atoms with Crippen LogP contribution in [0.25, 0.3) is 0 Å². The van der Waals surface area contributed by atoms with Gasteiger partial charge in [0.2, 0.25) is 0 Å². The molecular formula is C13H18FNOS. The van der Waals surface area contributed by atoms with Crippen LogP contribution in [0.15, 0.2) is 18.2 Å². The topological polar surface area (TPSA) is 32.3 Å². The number of rotatable bonds is 4. The summed E-state index contributed by atoms with van der Waals surface area (Å²) in [6.07, 6.45) is 3.89. The van der Waals surface area contributed by atoms with Crippen molar-refractivity contribution in [3.05, 3.63) is 29.6 Å². The number of hydrogen-bond donors (Lipinski definition) is 2. The second-order valence-corrected chi connectivity index (χ2v) is 5.80. The molecule has 2 N–H and O–H groups in total. The van der Waals surface area contributed by atoms with Crippen LogP contribution in [0, 0.1) is 5.82 Å². The second kappa shape index (κ2) is 6.26. The van der Waals surface area contributed by atoms with E-state index in [1.807, 2.05) is 11.8 Å². The van der Waals surface area contributed by atoms with Crippen molar-refractivity contribution in [2.45, 2.75) is 31.1 Å². The van der Waals surface area contributed by atoms with Crippen LogP contribution in [0.2, 0.25) is 0 Å². The molecule has 17 heavy (non-hydrogen) atoms. The summed E-state index contributed by atoms with van der Waals surface area (Å²) in [7, 11) is 0. The molecule has 0 aliphatic carbocycles. The molecule has 1 aromatic carbocycles. The van der Waals surface area contributed by atoms with E-state index in [4.69, 9.17) is 0 Å². The summed E-state index contributed by atoms with van der Waals surface area (Å²) in [5, 5.41) is 13.5. The average molecular weight is 255 g/mol. The van der Waals surface area contributed by atoms with Gasteiger partial charge >= 0.3 is 0 Å². The van der Waals surface area contributed by atoms with Crippen LogP contribution >= 0.6 is 11.8 Å². The summed E-state index contributed by atoms with van der Waals surface area (Å²) in [5.41, 5.74) is 0.630. The lowest BCUT2D eigenvalue weighted by Gasteiger charge is -2.21. The Hall–Kier alpha value is -0.740. The van der Waals surface area contributed by atoms with Crippen LogP contribution in [0.3, 0.4) is 0 Å². The Labute approximate surface area is 106 Å². The zero-order valence-electron chi connectivity index (χ0n) is 9.79. The first-order chi connectivity index (χ1) is 8.25. The standard InChI is InChI=1S/C13H18FNOS/c14-11-4-5-13(16)10(7-11)8-15-9-12-3-1-2-6-17-12/h4-5,7,12,15-16H,1-3,6,8-9H2. The molecule has 4 heteroatoms. The minimum Gasteiger partial charge on any atom is -0.508 e. The lowest BCUT2D eigenvalue weighted by molar-refractivity contribution is 0.461. The fraction of sp³-hybridized carbons (Fsp3) is 0.538. The summed E-state index contributed by atoms with van der Waals surface area (Å²) in [6, 6.07) is 4.06. The van der Waals surface area contributed by atoms with E-state index in [1.165, 1.54) is 43.2 Å². The molecule has 1 unspecified atom stereocenters. The normalized spacial score (nSPS) is 20.4. The van der Waals surface area contributed by atoms with E-state index in [9.17, 15) is 9.50 Å². The largest absolute Gasteiger partial charge is 0.508 e. The van der Waals surface area contributed by atoms with Gasteiger partial charge in [0.05, 0.1) is 0 Å². The molecule has 1 heterocycles. The molecule has 1 aromatic rings. The van der Waals surface area contributed by atoms with Gasteiger partial charge in [0.1, 0.15) is 11.6 Å². The average Bonchev–Trinajstić information content (AvgIpc) is 2.35. The van der Waals surface area contributed by atoms with Crippen LogP contribution in [0.5, 0.6) is 5.75 Å². The molecule has 1 aliphatic heterocycles. The molecule has 0 bridgehead atoms. The van der Waals surface area contributed by atoms with Gasteiger partial charge in [-0.05, 0) is 36.8 Å². The van der Waals surface area contributed by atoms with Gasteiger partial charge in [-0.15, -0.1) is 0 Å². The number of halogens is 1. The third-order valence-corrected chi connectivity index (χ3v) is 4.40. The molecule has 1 aliphatic rings. The smallest absolute Gasteiger partial charge is 0.123 e. The maximum atomic E-state index is 13.0. The SMILES string of the molecule is Oc1ccc(F)cc1CNCC1CCCCS1. The molecule has 0 amide bonds. The highest BCUT2D eigenvalue weighted by molar-refractivity contribution is 7.99. The predicted molar refractivity (Wildman–Crippen MR) is 69.9 cm³/mol. The molecule has 1 atom stereocenters. The van der Waals surface area contributed by atoms with Gasteiger partial charge < -0.3 is 10.4 Å². The Balaban J connectivity index is 1.79. The van der Waals surface area contributed by atoms with E-state index in [2.05, 4.69) is 5.32 Å². The van der Waals surface area contributed by atoms with E-state index in [0.717, 1.165) is 6.54 Å². The summed E-state index contributed by atoms with van der Waals surface area (Å²) in [5.74, 6) is 1.11. The molecule has 0 saturated carbocycles. The molecule has 2 nitrogen and oxygen atoms in total. The van der Waals surface area contributed by atoms with E-state index in [0.29, 0.717) is 17.4 Å². The fourth-order valence-electron chi connectivity index (χ4n) is 2.03. The van der Waals surface area contributed by atoms with Gasteiger partial charge in [0, 0.05) is 23.9 Å². The molecule has 0 aromatic heterocycles. The van der Waals surface area contributed by atoms with Gasteiger partial charge in [-0.1, -0.05) is 6.42 Å². The van der Waals surface area contributed by atoms with Crippen molar-refractivity contribution in [3.8, 4) is 5.75 Å². The predicted octanol–water partition coefficient (Wildman–Crippen LogP) is 2.91. The van der Waals surface area contributed by atoms with E-state index in [-0.39, 0.29) is 11.6 Å². The summed E-state index contributed by atoms with van der Waals surface area (Å²) < 4.78 is 13.0. The highest BCUT2D eigenvalue weighted by atomic mass is 32.2. The van der Waals surface area contributed by atoms with E-state index in [1.54, 1.807) is 0 Å². The highest BCUT2D eigenvalue weighted by Gasteiger charge is 2.13. The minimum absolute atomic E-state index is 0.162. The molecule has 0 spiro atoms. The van der Waals surface area contributed by atoms with E-state index >= 15 is 0 Å². The van der Waals surface area contributed by atoms with Crippen LogP contribution in [0.1, 0.15) is 24.8 Å². The first-order valence-corrected chi connectivity index (χ1v) is 7.10. The summed E-state index contributed by atoms with van der Waals surface area (Å²) in [4.78, 5) is 0. The fourth-order valence-corrected chi connectivity index (χ4v) is 3.31. The Bertz CT molecular complexity index is 366. The van der Waals surface area contributed by atoms with Gasteiger partial charge in [0.15, 0.2) is 0 Å². The van der Waals surface area contributed by atoms with Crippen LogP contribution in [0.4, 0.5) is 4.39 Å². The molecule has 0 radical (unpaired) electrons. The first-order valence-electron chi connectivity index (χ1n) is 6.05. The van der Waals surface area contributed by atoms with Crippen LogP contribution < -0.4 is 5.32 Å². The molecular weight excluding hydrogens is 237 g/mol. The zero-order valence-corrected chi connectivity index (χ0v) is 10.6. The monoisotopic (exact) mass is 255 g/mol. The zero-order chi connectivity index (χ0) is 12.1. The van der Waals surface area contributed by atoms with Crippen molar-refractivity contribution < 1.29 is 9.50 Å². The number of benzene rings is 1. The molecule has 2 rings (SSSR count). The Morgan fingerprint density at radius 2 is 2.29 bits per heavy atom. The number of phenolic OH excluding ortho intramolecular Hbond substituents is 1. The molecule has 94 valence electrons. The first kappa shape index (κ1) is 12.7. The maximum Gasteiger partial charge on any atom is 0.123 e. The Morgan fingerprint density at radius 1 is 1.41 bits per heavy atom. The third-order valence-electron chi connectivity index (χ3n) is 3.00. The van der Waals surface area contributed by atoms with Crippen molar-refractivity contribution in [3.63, 3.8) is 0 Å². The van der Waals surface area contributed by atoms with Crippen LogP contribution in [-0.4, -0.2) is 22.7 Å². The van der Waals surface area contributed by atoms with Crippen molar-refractivity contribution in [2.75, 3.05) is 12.3 Å². The van der Waals surface area contributed by atoms with Crippen molar-refractivity contribution in [1.29, 1.82) is 0 Å². The summed E-state index contributed by atoms with van der Waals surface area (Å²) in [6.45, 7) is 1.46. The second-order valence-electron chi connectivity index (χ2n) is 4.39. The van der Waals surface area contributed by atoms with Gasteiger partial charge in [-0.2, -0.15) is 11.8 Å². The summed E-state index contributed by atoms with van der Waals surface area (Å²) >= 11 is 2.01. The van der Waals surface area contributed by atoms with Gasteiger partial charge in [0.25, 0.3) is 0 Å². The van der Waals surface area contributed by atoms with E-state index < -0.39 is 0 Å². The number of phenols is 1. The Morgan fingerprint density at radius 3 is 3.06 bits per heavy atom. The lowest BCUT2D eigenvalue weighted by atomic mass is 10.1. The lowest BCUT2D eigenvalue weighted by Crippen LogP contribution is -2.26. The highest BCUT2D eigenvalue weighted by Crippen LogP contribution is 2.24. The molecule has 1 saturated heterocycles. The maximum absolute atomic E-state index is 13.0. The Kier molecular flexibility index (Phi) is 4.68. The quantitative estimate of drug-likeness (QED) is 0.867. The number of nitrogens with one attached hydrogen (secondary N) is 1. The van der Waals surface area contributed by atoms with Crippen LogP contribution in [-0.2, 0) is 6.54 Å². The van der Waals surface area contributed by atoms with Gasteiger partial charge in [-0.25, -0.2) is 4.39 Å². The van der Waals surface area contributed by atoms with Crippen molar-refractivity contribution in [1.82, 2.24) is 5.32 Å². The third kappa shape index (κ3) is 3.89. The van der Waals surface area contributed by atoms with Gasteiger partial charge in [-0.3, -0.25) is 0 Å². The number of hydrogen-bond acceptors (Lipinski definition) is 3. The van der Waals surface area contributed by atoms with Crippen molar-refractivity contribution >= 4 is 11.8 Å². The number of thioether (sulfide) groups is 1.